The summed E-state index contributed by atoms with van der Waals surface area (Å²) in [5.74, 6) is 1.40. The molecule has 2 aliphatic carbocycles. The van der Waals surface area contributed by atoms with E-state index in [0.29, 0.717) is 18.0 Å². The van der Waals surface area contributed by atoms with Crippen LogP contribution in [0, 0.1) is 11.8 Å². The monoisotopic (exact) mass is 165 g/mol. The third-order valence-corrected chi connectivity index (χ3v) is 3.29. The van der Waals surface area contributed by atoms with Crippen molar-refractivity contribution >= 4 is 6.09 Å². The predicted molar refractivity (Wildman–Crippen MR) is 42.6 cm³/mol. The summed E-state index contributed by atoms with van der Waals surface area (Å²) < 4.78 is 4.74. The van der Waals surface area contributed by atoms with Crippen molar-refractivity contribution in [1.82, 2.24) is 4.90 Å². The Morgan fingerprint density at radius 1 is 1.58 bits per heavy atom. The number of amides is 1. The van der Waals surface area contributed by atoms with Crippen LogP contribution in [0.1, 0.15) is 6.42 Å². The highest BCUT2D eigenvalue weighted by Crippen LogP contribution is 2.56. The van der Waals surface area contributed by atoms with Crippen molar-refractivity contribution in [3.8, 4) is 0 Å². The second-order valence-corrected chi connectivity index (χ2v) is 3.80. The van der Waals surface area contributed by atoms with Crippen molar-refractivity contribution in [2.24, 2.45) is 11.8 Å². The topological polar surface area (TPSA) is 29.5 Å². The molecule has 0 N–H and O–H groups in total. The van der Waals surface area contributed by atoms with Gasteiger partial charge in [-0.15, -0.1) is 0 Å². The normalized spacial score (nSPS) is 46.2. The third-order valence-electron chi connectivity index (χ3n) is 3.29. The third kappa shape index (κ3) is 0.564. The number of hydrogen-bond donors (Lipinski definition) is 0. The van der Waals surface area contributed by atoms with E-state index >= 15 is 0 Å². The molecule has 0 bridgehead atoms. The molecular formula is C9H11NO2. The summed E-state index contributed by atoms with van der Waals surface area (Å²) in [5.41, 5.74) is 0. The maximum Gasteiger partial charge on any atom is 0.410 e. The molecule has 12 heavy (non-hydrogen) atoms. The van der Waals surface area contributed by atoms with Gasteiger partial charge in [-0.25, -0.2) is 4.79 Å². The molecule has 0 aromatic rings. The molecular weight excluding hydrogens is 154 g/mol. The molecule has 3 nitrogen and oxygen atoms in total. The minimum Gasteiger partial charge on any atom is -0.453 e. The number of likely N-dealkylation sites (tertiary alicyclic amines) is 1. The van der Waals surface area contributed by atoms with Crippen LogP contribution in [-0.4, -0.2) is 30.2 Å². The van der Waals surface area contributed by atoms with Crippen LogP contribution in [-0.2, 0) is 4.74 Å². The molecule has 1 saturated carbocycles. The summed E-state index contributed by atoms with van der Waals surface area (Å²) in [7, 11) is 1.45. The van der Waals surface area contributed by atoms with Gasteiger partial charge in [0.15, 0.2) is 0 Å². The Morgan fingerprint density at radius 2 is 2.42 bits per heavy atom. The number of fused-ring (bicyclic) bond motifs is 3. The lowest BCUT2D eigenvalue weighted by molar-refractivity contribution is 0.112. The molecule has 0 aromatic heterocycles. The average Bonchev–Trinajstić information content (AvgIpc) is 2.72. The van der Waals surface area contributed by atoms with Crippen LogP contribution >= 0.6 is 0 Å². The highest BCUT2D eigenvalue weighted by molar-refractivity contribution is 5.71. The summed E-state index contributed by atoms with van der Waals surface area (Å²) >= 11 is 0. The summed E-state index contributed by atoms with van der Waals surface area (Å²) in [5, 5.41) is 0. The van der Waals surface area contributed by atoms with Crippen molar-refractivity contribution in [2.75, 3.05) is 7.11 Å². The standard InChI is InChI=1S/C9H11NO2/c1-12-9(11)10-7-3-2-5(7)6-4-8(6)10/h2-3,5-8H,4H2,1H3/t5-,6+,7+,8-/m1/s1. The SMILES string of the molecule is COC(=O)N1[C@@H]2C[C@H]2[C@H]2C=C[C@@H]21. The second-order valence-electron chi connectivity index (χ2n) is 3.80. The van der Waals surface area contributed by atoms with Crippen molar-refractivity contribution in [1.29, 1.82) is 0 Å². The van der Waals surface area contributed by atoms with Crippen LogP contribution in [0.5, 0.6) is 0 Å². The van der Waals surface area contributed by atoms with E-state index in [4.69, 9.17) is 4.74 Å². The number of rotatable bonds is 0. The molecule has 3 aliphatic rings. The number of hydrogen-bond acceptors (Lipinski definition) is 2. The minimum atomic E-state index is -0.153. The molecule has 64 valence electrons. The molecule has 1 aliphatic heterocycles. The van der Waals surface area contributed by atoms with Gasteiger partial charge in [0.2, 0.25) is 0 Å². The molecule has 1 heterocycles. The van der Waals surface area contributed by atoms with Gasteiger partial charge in [0.05, 0.1) is 13.2 Å². The minimum absolute atomic E-state index is 0.153. The Kier molecular flexibility index (Phi) is 1.000. The van der Waals surface area contributed by atoms with Crippen molar-refractivity contribution in [3.63, 3.8) is 0 Å². The maximum atomic E-state index is 11.3. The Morgan fingerprint density at radius 3 is 2.92 bits per heavy atom. The second kappa shape index (κ2) is 1.84. The van der Waals surface area contributed by atoms with E-state index in [1.54, 1.807) is 0 Å². The lowest BCUT2D eigenvalue weighted by atomic mass is 9.87. The number of carbonyl (C=O) groups is 1. The molecule has 1 amide bonds. The number of methoxy groups -OCH3 is 1. The fourth-order valence-corrected chi connectivity index (χ4v) is 2.53. The first-order valence-electron chi connectivity index (χ1n) is 4.37. The molecule has 4 atom stereocenters. The van der Waals surface area contributed by atoms with E-state index in [-0.39, 0.29) is 6.09 Å². The number of piperidine rings is 1. The van der Waals surface area contributed by atoms with Gasteiger partial charge in [-0.05, 0) is 12.3 Å². The highest BCUT2D eigenvalue weighted by Gasteiger charge is 2.61. The molecule has 0 unspecified atom stereocenters. The number of nitrogens with zero attached hydrogens (tertiary/aromatic N) is 1. The fraction of sp³-hybridized carbons (Fsp3) is 0.667. The summed E-state index contributed by atoms with van der Waals surface area (Å²) in [6.07, 6.45) is 5.35. The summed E-state index contributed by atoms with van der Waals surface area (Å²) in [6.45, 7) is 0. The van der Waals surface area contributed by atoms with E-state index in [1.807, 2.05) is 4.90 Å². The Bertz CT molecular complexity index is 274. The van der Waals surface area contributed by atoms with Crippen LogP contribution in [0.3, 0.4) is 0 Å². The van der Waals surface area contributed by atoms with Crippen LogP contribution in [0.4, 0.5) is 4.79 Å². The highest BCUT2D eigenvalue weighted by atomic mass is 16.5. The van der Waals surface area contributed by atoms with E-state index in [9.17, 15) is 4.79 Å². The van der Waals surface area contributed by atoms with Gasteiger partial charge in [0, 0.05) is 12.0 Å². The Labute approximate surface area is 71.0 Å². The van der Waals surface area contributed by atoms with Crippen LogP contribution in [0.2, 0.25) is 0 Å². The van der Waals surface area contributed by atoms with Gasteiger partial charge >= 0.3 is 6.09 Å². The van der Waals surface area contributed by atoms with Gasteiger partial charge in [0.25, 0.3) is 0 Å². The van der Waals surface area contributed by atoms with Gasteiger partial charge in [-0.2, -0.15) is 0 Å². The first-order chi connectivity index (χ1) is 5.83. The quantitative estimate of drug-likeness (QED) is 0.501. The van der Waals surface area contributed by atoms with E-state index in [1.165, 1.54) is 13.5 Å². The number of carbonyl (C=O) groups excluding carboxylic acids is 1. The largest absolute Gasteiger partial charge is 0.453 e. The van der Waals surface area contributed by atoms with Crippen molar-refractivity contribution in [2.45, 2.75) is 18.5 Å². The zero-order chi connectivity index (χ0) is 8.29. The lowest BCUT2D eigenvalue weighted by Crippen LogP contribution is -2.42. The Balaban J connectivity index is 1.87. The molecule has 0 aromatic carbocycles. The smallest absolute Gasteiger partial charge is 0.410 e. The maximum absolute atomic E-state index is 11.3. The van der Waals surface area contributed by atoms with E-state index < -0.39 is 0 Å². The fourth-order valence-electron chi connectivity index (χ4n) is 2.53. The molecule has 1 saturated heterocycles. The zero-order valence-electron chi connectivity index (χ0n) is 6.93. The van der Waals surface area contributed by atoms with Crippen LogP contribution < -0.4 is 0 Å². The molecule has 0 spiro atoms. The Hall–Kier alpha value is -0.990. The lowest BCUT2D eigenvalue weighted by Gasteiger charge is -2.32. The first kappa shape index (κ1) is 6.52. The van der Waals surface area contributed by atoms with E-state index in [2.05, 4.69) is 12.2 Å². The van der Waals surface area contributed by atoms with Crippen LogP contribution in [0.25, 0.3) is 0 Å². The van der Waals surface area contributed by atoms with Gasteiger partial charge in [0.1, 0.15) is 0 Å². The van der Waals surface area contributed by atoms with Gasteiger partial charge in [-0.3, -0.25) is 4.90 Å². The first-order valence-corrected chi connectivity index (χ1v) is 4.37. The van der Waals surface area contributed by atoms with E-state index in [0.717, 1.165) is 5.92 Å². The molecule has 0 radical (unpaired) electrons. The summed E-state index contributed by atoms with van der Waals surface area (Å²) in [4.78, 5) is 13.2. The average molecular weight is 165 g/mol. The number of ether oxygens (including phenoxy) is 1. The van der Waals surface area contributed by atoms with Crippen molar-refractivity contribution < 1.29 is 9.53 Å². The molecule has 2 fully saturated rings. The zero-order valence-corrected chi connectivity index (χ0v) is 6.93. The van der Waals surface area contributed by atoms with Gasteiger partial charge in [-0.1, -0.05) is 12.2 Å². The van der Waals surface area contributed by atoms with Crippen LogP contribution in [0.15, 0.2) is 12.2 Å². The molecule has 3 heteroatoms. The predicted octanol–water partition coefficient (Wildman–Crippen LogP) is 1.01. The van der Waals surface area contributed by atoms with Crippen molar-refractivity contribution in [3.05, 3.63) is 12.2 Å². The molecule has 3 rings (SSSR count). The summed E-state index contributed by atoms with van der Waals surface area (Å²) in [6, 6.07) is 0.851. The van der Waals surface area contributed by atoms with Gasteiger partial charge < -0.3 is 4.74 Å².